The van der Waals surface area contributed by atoms with Crippen LogP contribution in [0, 0.1) is 0 Å². The van der Waals surface area contributed by atoms with Gasteiger partial charge in [0.15, 0.2) is 0 Å². The summed E-state index contributed by atoms with van der Waals surface area (Å²) in [6, 6.07) is 5.48. The van der Waals surface area contributed by atoms with Crippen LogP contribution in [0.25, 0.3) is 0 Å². The van der Waals surface area contributed by atoms with Crippen molar-refractivity contribution in [2.24, 2.45) is 0 Å². The minimum Gasteiger partial charge on any atom is -0.478 e. The van der Waals surface area contributed by atoms with Crippen LogP contribution < -0.4 is 0 Å². The maximum atomic E-state index is 10.5. The summed E-state index contributed by atoms with van der Waals surface area (Å²) in [7, 11) is 0. The van der Waals surface area contributed by atoms with Crippen molar-refractivity contribution < 1.29 is 19.8 Å². The zero-order valence-electron chi connectivity index (χ0n) is 6.43. The number of hydrogen-bond acceptors (Lipinski definition) is 2. The van der Waals surface area contributed by atoms with Crippen LogP contribution in [0.1, 0.15) is 20.7 Å². The first-order chi connectivity index (χ1) is 5.63. The molecule has 0 radical (unpaired) electrons. The van der Waals surface area contributed by atoms with Crippen LogP contribution in [0.15, 0.2) is 24.3 Å². The predicted molar refractivity (Wildman–Crippen MR) is 50.7 cm³/mol. The quantitative estimate of drug-likeness (QED) is 0.833. The van der Waals surface area contributed by atoms with Gasteiger partial charge in [-0.3, -0.25) is 0 Å². The molecule has 70 valence electrons. The van der Waals surface area contributed by atoms with Crippen LogP contribution >= 0.6 is 17.0 Å². The lowest BCUT2D eigenvalue weighted by molar-refractivity contribution is 0.0651. The summed E-state index contributed by atoms with van der Waals surface area (Å²) in [5.41, 5.74) is -0.380. The average molecular weight is 247 g/mol. The van der Waals surface area contributed by atoms with E-state index in [0.29, 0.717) is 0 Å². The van der Waals surface area contributed by atoms with Gasteiger partial charge >= 0.3 is 11.9 Å². The first-order valence-corrected chi connectivity index (χ1v) is 3.18. The Bertz CT molecular complexity index is 302. The van der Waals surface area contributed by atoms with Crippen molar-refractivity contribution in [2.45, 2.75) is 0 Å². The molecular weight excluding hydrogens is 240 g/mol. The fraction of sp³-hybridized carbons (Fsp3) is 0. The normalized spacial score (nSPS) is 8.62. The first-order valence-electron chi connectivity index (χ1n) is 3.18. The fourth-order valence-corrected chi connectivity index (χ4v) is 0.856. The highest BCUT2D eigenvalue weighted by Gasteiger charge is 2.13. The molecule has 2 N–H and O–H groups in total. The van der Waals surface area contributed by atoms with Crippen molar-refractivity contribution in [2.75, 3.05) is 0 Å². The van der Waals surface area contributed by atoms with Gasteiger partial charge in [0.2, 0.25) is 0 Å². The number of aromatic carboxylic acids is 2. The Morgan fingerprint density at radius 2 is 1.23 bits per heavy atom. The van der Waals surface area contributed by atoms with Gasteiger partial charge in [0.25, 0.3) is 0 Å². The van der Waals surface area contributed by atoms with E-state index in [2.05, 4.69) is 0 Å². The molecule has 13 heavy (non-hydrogen) atoms. The summed E-state index contributed by atoms with van der Waals surface area (Å²) in [6.07, 6.45) is 0. The van der Waals surface area contributed by atoms with Gasteiger partial charge in [-0.25, -0.2) is 9.59 Å². The molecule has 1 rings (SSSR count). The SMILES string of the molecule is Br.O=C(O)c1ccccc1C(=O)O. The third-order valence-corrected chi connectivity index (χ3v) is 1.39. The third kappa shape index (κ3) is 2.55. The number of carboxylic acid groups (broad SMARTS) is 2. The Balaban J connectivity index is 0.00000144. The van der Waals surface area contributed by atoms with E-state index >= 15 is 0 Å². The van der Waals surface area contributed by atoms with Crippen LogP contribution in [0.4, 0.5) is 0 Å². The Labute approximate surface area is 84.6 Å². The van der Waals surface area contributed by atoms with Crippen LogP contribution in [-0.2, 0) is 0 Å². The lowest BCUT2D eigenvalue weighted by Gasteiger charge is -1.98. The van der Waals surface area contributed by atoms with Crippen LogP contribution in [0.2, 0.25) is 0 Å². The zero-order valence-corrected chi connectivity index (χ0v) is 8.14. The average Bonchev–Trinajstić information content (AvgIpc) is 2.04. The molecule has 0 aliphatic carbocycles. The van der Waals surface area contributed by atoms with Gasteiger partial charge < -0.3 is 10.2 Å². The van der Waals surface area contributed by atoms with Crippen LogP contribution in [-0.4, -0.2) is 22.2 Å². The number of hydrogen-bond donors (Lipinski definition) is 2. The number of halogens is 1. The van der Waals surface area contributed by atoms with Crippen molar-refractivity contribution >= 4 is 28.9 Å². The second-order valence-electron chi connectivity index (χ2n) is 2.16. The highest BCUT2D eigenvalue weighted by molar-refractivity contribution is 8.93. The maximum absolute atomic E-state index is 10.5. The zero-order chi connectivity index (χ0) is 9.14. The van der Waals surface area contributed by atoms with Crippen molar-refractivity contribution in [3.63, 3.8) is 0 Å². The van der Waals surface area contributed by atoms with Gasteiger partial charge in [0, 0.05) is 0 Å². The molecule has 0 atom stereocenters. The maximum Gasteiger partial charge on any atom is 0.336 e. The van der Waals surface area contributed by atoms with Crippen molar-refractivity contribution in [1.82, 2.24) is 0 Å². The van der Waals surface area contributed by atoms with E-state index in [1.807, 2.05) is 0 Å². The Morgan fingerprint density at radius 3 is 1.46 bits per heavy atom. The standard InChI is InChI=1S/C8H6O4.BrH/c9-7(10)5-3-1-2-4-6(5)8(11)12;/h1-4H,(H,9,10)(H,11,12);1H. The molecule has 1 aromatic rings. The highest BCUT2D eigenvalue weighted by atomic mass is 79.9. The van der Waals surface area contributed by atoms with Crippen molar-refractivity contribution in [1.29, 1.82) is 0 Å². The van der Waals surface area contributed by atoms with E-state index in [4.69, 9.17) is 10.2 Å². The number of carbonyl (C=O) groups is 2. The minimum absolute atomic E-state index is 0. The topological polar surface area (TPSA) is 74.6 Å². The largest absolute Gasteiger partial charge is 0.478 e. The highest BCUT2D eigenvalue weighted by Crippen LogP contribution is 2.07. The summed E-state index contributed by atoms with van der Waals surface area (Å²) in [5.74, 6) is -2.46. The summed E-state index contributed by atoms with van der Waals surface area (Å²) in [5, 5.41) is 17.1. The van der Waals surface area contributed by atoms with Gasteiger partial charge in [0.1, 0.15) is 0 Å². The number of carboxylic acids is 2. The van der Waals surface area contributed by atoms with E-state index in [1.54, 1.807) is 0 Å². The van der Waals surface area contributed by atoms with Crippen molar-refractivity contribution in [3.8, 4) is 0 Å². The molecule has 0 spiro atoms. The van der Waals surface area contributed by atoms with Gasteiger partial charge in [-0.1, -0.05) is 12.1 Å². The molecule has 5 heteroatoms. The van der Waals surface area contributed by atoms with Gasteiger partial charge in [-0.15, -0.1) is 17.0 Å². The van der Waals surface area contributed by atoms with Gasteiger partial charge in [-0.2, -0.15) is 0 Å². The number of rotatable bonds is 2. The summed E-state index contributed by atoms with van der Waals surface area (Å²) in [4.78, 5) is 20.9. The summed E-state index contributed by atoms with van der Waals surface area (Å²) >= 11 is 0. The monoisotopic (exact) mass is 246 g/mol. The Morgan fingerprint density at radius 1 is 0.923 bits per heavy atom. The molecule has 0 saturated carbocycles. The molecule has 0 aliphatic heterocycles. The number of benzene rings is 1. The summed E-state index contributed by atoms with van der Waals surface area (Å²) < 4.78 is 0. The summed E-state index contributed by atoms with van der Waals surface area (Å²) in [6.45, 7) is 0. The van der Waals surface area contributed by atoms with Crippen molar-refractivity contribution in [3.05, 3.63) is 35.4 Å². The van der Waals surface area contributed by atoms with Gasteiger partial charge in [0.05, 0.1) is 11.1 Å². The molecule has 0 unspecified atom stereocenters. The minimum atomic E-state index is -1.23. The first kappa shape index (κ1) is 11.6. The molecular formula is C8H7BrO4. The Kier molecular flexibility index (Phi) is 4.13. The smallest absolute Gasteiger partial charge is 0.336 e. The van der Waals surface area contributed by atoms with E-state index in [0.717, 1.165) is 0 Å². The molecule has 0 bridgehead atoms. The molecule has 0 saturated heterocycles. The predicted octanol–water partition coefficient (Wildman–Crippen LogP) is 1.66. The fourth-order valence-electron chi connectivity index (χ4n) is 0.856. The molecule has 0 fully saturated rings. The van der Waals surface area contributed by atoms with E-state index in [1.165, 1.54) is 24.3 Å². The van der Waals surface area contributed by atoms with E-state index < -0.39 is 11.9 Å². The molecule has 0 heterocycles. The Hall–Kier alpha value is -1.36. The van der Waals surface area contributed by atoms with Crippen LogP contribution in [0.3, 0.4) is 0 Å². The molecule has 4 nitrogen and oxygen atoms in total. The molecule has 0 amide bonds. The van der Waals surface area contributed by atoms with E-state index in [-0.39, 0.29) is 28.1 Å². The van der Waals surface area contributed by atoms with E-state index in [9.17, 15) is 9.59 Å². The third-order valence-electron chi connectivity index (χ3n) is 1.39. The van der Waals surface area contributed by atoms with Crippen LogP contribution in [0.5, 0.6) is 0 Å². The molecule has 0 aromatic heterocycles. The van der Waals surface area contributed by atoms with Gasteiger partial charge in [-0.05, 0) is 12.1 Å². The second kappa shape index (κ2) is 4.61. The molecule has 1 aromatic carbocycles. The lowest BCUT2D eigenvalue weighted by atomic mass is 10.1. The lowest BCUT2D eigenvalue weighted by Crippen LogP contribution is -2.06. The molecule has 0 aliphatic rings. The second-order valence-corrected chi connectivity index (χ2v) is 2.16.